The predicted molar refractivity (Wildman–Crippen MR) is 49.7 cm³/mol. The third-order valence-electron chi connectivity index (χ3n) is 2.92. The molecular weight excluding hydrogens is 174 g/mol. The van der Waals surface area contributed by atoms with Crippen LogP contribution in [0.5, 0.6) is 0 Å². The van der Waals surface area contributed by atoms with Crippen LogP contribution in [-0.2, 0) is 9.84 Å². The van der Waals surface area contributed by atoms with E-state index < -0.39 is 14.6 Å². The second kappa shape index (κ2) is 2.23. The Hall–Kier alpha value is -0.0900. The van der Waals surface area contributed by atoms with Crippen LogP contribution >= 0.6 is 0 Å². The third kappa shape index (κ3) is 1.17. The average molecular weight is 192 g/mol. The summed E-state index contributed by atoms with van der Waals surface area (Å²) in [6.07, 6.45) is 0. The van der Waals surface area contributed by atoms with Gasteiger partial charge in [-0.15, -0.1) is 0 Å². The molecule has 0 bridgehead atoms. The zero-order valence-corrected chi connectivity index (χ0v) is 9.27. The highest BCUT2D eigenvalue weighted by atomic mass is 32.2. The van der Waals surface area contributed by atoms with Crippen molar-refractivity contribution in [1.82, 2.24) is 0 Å². The van der Waals surface area contributed by atoms with Gasteiger partial charge in [-0.1, -0.05) is 0 Å². The van der Waals surface area contributed by atoms with Gasteiger partial charge < -0.3 is 4.48 Å². The van der Waals surface area contributed by atoms with Crippen molar-refractivity contribution in [2.24, 2.45) is 0 Å². The van der Waals surface area contributed by atoms with Crippen LogP contribution in [0.25, 0.3) is 0 Å². The minimum absolute atomic E-state index is 0.238. The SMILES string of the molecule is CC1(C)C([N+](C)(C)C)CS1(=O)=O. The number of nitrogens with zero attached hydrogens (tertiary/aromatic N) is 1. The van der Waals surface area contributed by atoms with Gasteiger partial charge in [0, 0.05) is 0 Å². The summed E-state index contributed by atoms with van der Waals surface area (Å²) < 4.78 is 23.0. The fourth-order valence-corrected chi connectivity index (χ4v) is 4.11. The fraction of sp³-hybridized carbons (Fsp3) is 1.00. The van der Waals surface area contributed by atoms with Crippen molar-refractivity contribution < 1.29 is 12.9 Å². The van der Waals surface area contributed by atoms with Gasteiger partial charge in [-0.2, -0.15) is 0 Å². The van der Waals surface area contributed by atoms with Crippen molar-refractivity contribution in [3.63, 3.8) is 0 Å². The number of sulfone groups is 1. The quantitative estimate of drug-likeness (QED) is 0.559. The minimum Gasteiger partial charge on any atom is -0.326 e. The standard InChI is InChI=1S/C8H18NO2S/c1-8(2)7(9(3,4)5)6-12(8,10)11/h7H,6H2,1-5H3/q+1. The molecule has 1 fully saturated rings. The highest BCUT2D eigenvalue weighted by molar-refractivity contribution is 7.94. The molecule has 0 aromatic heterocycles. The predicted octanol–water partition coefficient (Wildman–Crippen LogP) is 0.268. The molecule has 1 aliphatic heterocycles. The van der Waals surface area contributed by atoms with Gasteiger partial charge in [0.25, 0.3) is 0 Å². The van der Waals surface area contributed by atoms with E-state index in [1.54, 1.807) is 0 Å². The lowest BCUT2D eigenvalue weighted by Crippen LogP contribution is -2.70. The van der Waals surface area contributed by atoms with Gasteiger partial charge in [0.05, 0.1) is 21.1 Å². The van der Waals surface area contributed by atoms with Gasteiger partial charge in [0.15, 0.2) is 9.84 Å². The van der Waals surface area contributed by atoms with Crippen LogP contribution in [0.15, 0.2) is 0 Å². The first-order chi connectivity index (χ1) is 5.09. The van der Waals surface area contributed by atoms with Crippen LogP contribution in [-0.4, -0.2) is 50.6 Å². The average Bonchev–Trinajstić information content (AvgIpc) is 1.81. The van der Waals surface area contributed by atoms with Crippen LogP contribution in [0.3, 0.4) is 0 Å². The molecule has 72 valence electrons. The maximum Gasteiger partial charge on any atom is 0.167 e. The molecular formula is C8H18NO2S+. The Morgan fingerprint density at radius 2 is 1.67 bits per heavy atom. The van der Waals surface area contributed by atoms with Gasteiger partial charge in [0.2, 0.25) is 0 Å². The zero-order chi connectivity index (χ0) is 9.78. The van der Waals surface area contributed by atoms with E-state index in [4.69, 9.17) is 0 Å². The van der Waals surface area contributed by atoms with Crippen molar-refractivity contribution in [3.05, 3.63) is 0 Å². The summed E-state index contributed by atoms with van der Waals surface area (Å²) in [6, 6.07) is 0.238. The molecule has 3 nitrogen and oxygen atoms in total. The Morgan fingerprint density at radius 1 is 1.25 bits per heavy atom. The van der Waals surface area contributed by atoms with Crippen LogP contribution in [0.2, 0.25) is 0 Å². The minimum atomic E-state index is -2.81. The molecule has 1 heterocycles. The van der Waals surface area contributed by atoms with E-state index in [1.807, 2.05) is 35.0 Å². The second-order valence-corrected chi connectivity index (χ2v) is 7.63. The summed E-state index contributed by atoms with van der Waals surface area (Å²) >= 11 is 0. The van der Waals surface area contributed by atoms with Crippen molar-refractivity contribution >= 4 is 9.84 Å². The summed E-state index contributed by atoms with van der Waals surface area (Å²) in [7, 11) is 3.32. The maximum atomic E-state index is 11.4. The van der Waals surface area contributed by atoms with Gasteiger partial charge >= 0.3 is 0 Å². The molecule has 0 aliphatic carbocycles. The lowest BCUT2D eigenvalue weighted by molar-refractivity contribution is -0.897. The first kappa shape index (κ1) is 9.99. The van der Waals surface area contributed by atoms with Crippen LogP contribution < -0.4 is 0 Å². The number of rotatable bonds is 1. The maximum absolute atomic E-state index is 11.4. The first-order valence-corrected chi connectivity index (χ1v) is 5.78. The van der Waals surface area contributed by atoms with E-state index in [0.717, 1.165) is 4.48 Å². The van der Waals surface area contributed by atoms with E-state index >= 15 is 0 Å². The van der Waals surface area contributed by atoms with Gasteiger partial charge in [-0.3, -0.25) is 0 Å². The third-order valence-corrected chi connectivity index (χ3v) is 5.55. The molecule has 0 saturated carbocycles. The second-order valence-electron chi connectivity index (χ2n) is 5.02. The first-order valence-electron chi connectivity index (χ1n) is 4.12. The van der Waals surface area contributed by atoms with E-state index in [0.29, 0.717) is 5.75 Å². The Balaban J connectivity index is 2.95. The molecule has 0 amide bonds. The van der Waals surface area contributed by atoms with Gasteiger partial charge in [0.1, 0.15) is 16.5 Å². The fourth-order valence-electron chi connectivity index (χ4n) is 1.89. The van der Waals surface area contributed by atoms with E-state index in [2.05, 4.69) is 0 Å². The molecule has 0 aromatic rings. The molecule has 1 aliphatic rings. The normalized spacial score (nSPS) is 32.6. The van der Waals surface area contributed by atoms with Crippen LogP contribution in [0.4, 0.5) is 0 Å². The molecule has 1 saturated heterocycles. The van der Waals surface area contributed by atoms with E-state index in [1.165, 1.54) is 0 Å². The number of hydrogen-bond donors (Lipinski definition) is 0. The van der Waals surface area contributed by atoms with Gasteiger partial charge in [-0.25, -0.2) is 8.42 Å². The topological polar surface area (TPSA) is 34.1 Å². The Labute approximate surface area is 74.9 Å². The summed E-state index contributed by atoms with van der Waals surface area (Å²) in [5.41, 5.74) is 0. The van der Waals surface area contributed by atoms with Crippen molar-refractivity contribution in [3.8, 4) is 0 Å². The Morgan fingerprint density at radius 3 is 1.75 bits per heavy atom. The van der Waals surface area contributed by atoms with Crippen molar-refractivity contribution in [2.75, 3.05) is 26.9 Å². The highest BCUT2D eigenvalue weighted by Crippen LogP contribution is 2.38. The zero-order valence-electron chi connectivity index (χ0n) is 8.46. The molecule has 12 heavy (non-hydrogen) atoms. The smallest absolute Gasteiger partial charge is 0.167 e. The van der Waals surface area contributed by atoms with Crippen molar-refractivity contribution in [2.45, 2.75) is 24.6 Å². The summed E-state index contributed by atoms with van der Waals surface area (Å²) in [5.74, 6) is 0.337. The summed E-state index contributed by atoms with van der Waals surface area (Å²) in [6.45, 7) is 3.64. The van der Waals surface area contributed by atoms with Crippen LogP contribution in [0, 0.1) is 0 Å². The molecule has 4 heteroatoms. The Bertz CT molecular complexity index is 285. The molecule has 1 unspecified atom stereocenters. The number of hydrogen-bond acceptors (Lipinski definition) is 2. The largest absolute Gasteiger partial charge is 0.326 e. The van der Waals surface area contributed by atoms with E-state index in [9.17, 15) is 8.42 Å². The number of quaternary nitrogens is 1. The Kier molecular flexibility index (Phi) is 1.86. The monoisotopic (exact) mass is 192 g/mol. The summed E-state index contributed by atoms with van der Waals surface area (Å²) in [4.78, 5) is 0. The van der Waals surface area contributed by atoms with Crippen molar-refractivity contribution in [1.29, 1.82) is 0 Å². The molecule has 0 spiro atoms. The summed E-state index contributed by atoms with van der Waals surface area (Å²) in [5, 5.41) is 0. The van der Waals surface area contributed by atoms with Gasteiger partial charge in [-0.05, 0) is 13.8 Å². The van der Waals surface area contributed by atoms with E-state index in [-0.39, 0.29) is 6.04 Å². The lowest BCUT2D eigenvalue weighted by Gasteiger charge is -2.50. The molecule has 0 N–H and O–H groups in total. The highest BCUT2D eigenvalue weighted by Gasteiger charge is 2.60. The molecule has 0 aromatic carbocycles. The molecule has 1 atom stereocenters. The lowest BCUT2D eigenvalue weighted by atomic mass is 10.0. The molecule has 0 radical (unpaired) electrons. The van der Waals surface area contributed by atoms with Crippen LogP contribution in [0.1, 0.15) is 13.8 Å². The molecule has 1 rings (SSSR count).